The minimum atomic E-state index is -0.131. The van der Waals surface area contributed by atoms with Gasteiger partial charge in [0, 0.05) is 24.6 Å². The third-order valence-electron chi connectivity index (χ3n) is 4.49. The van der Waals surface area contributed by atoms with Gasteiger partial charge in [0.15, 0.2) is 23.9 Å². The van der Waals surface area contributed by atoms with Crippen LogP contribution < -0.4 is 4.74 Å². The van der Waals surface area contributed by atoms with Crippen molar-refractivity contribution in [2.45, 2.75) is 12.8 Å². The first-order chi connectivity index (χ1) is 12.1. The topological polar surface area (TPSA) is 66.8 Å². The molecule has 1 aliphatic rings. The number of ether oxygens (including phenoxy) is 1. The smallest absolute Gasteiger partial charge is 0.260 e. The molecule has 25 heavy (non-hydrogen) atoms. The van der Waals surface area contributed by atoms with Crippen molar-refractivity contribution in [1.82, 2.24) is 4.90 Å². The summed E-state index contributed by atoms with van der Waals surface area (Å²) >= 11 is 0. The second-order valence-electron chi connectivity index (χ2n) is 6.14. The predicted molar refractivity (Wildman–Crippen MR) is 93.7 cm³/mol. The molecule has 0 aromatic heterocycles. The van der Waals surface area contributed by atoms with Gasteiger partial charge in [-0.3, -0.25) is 9.59 Å². The molecule has 2 aromatic rings. The van der Waals surface area contributed by atoms with Gasteiger partial charge in [0.25, 0.3) is 5.91 Å². The number of phenolic OH excluding ortho intramolecular Hbond substituents is 1. The van der Waals surface area contributed by atoms with Crippen LogP contribution in [-0.4, -0.2) is 41.4 Å². The van der Waals surface area contributed by atoms with Gasteiger partial charge in [-0.15, -0.1) is 0 Å². The number of carbonyl (C=O) groups excluding carboxylic acids is 2. The molecule has 0 aliphatic carbocycles. The third-order valence-corrected chi connectivity index (χ3v) is 4.49. The van der Waals surface area contributed by atoms with Crippen LogP contribution in [-0.2, 0) is 4.79 Å². The standard InChI is InChI=1S/C20H21NO4/c22-17-8-4-5-9-18(17)25-14-19(23)21-12-10-16(11-13-21)20(24)15-6-2-1-3-7-15/h1-9,16,22H,10-14H2. The summed E-state index contributed by atoms with van der Waals surface area (Å²) in [6.45, 7) is 0.979. The molecule has 1 fully saturated rings. The Morgan fingerprint density at radius 2 is 1.64 bits per heavy atom. The Morgan fingerprint density at radius 1 is 1.00 bits per heavy atom. The third kappa shape index (κ3) is 4.18. The lowest BCUT2D eigenvalue weighted by Gasteiger charge is -2.31. The number of hydrogen-bond acceptors (Lipinski definition) is 4. The number of nitrogens with zero attached hydrogens (tertiary/aromatic N) is 1. The Morgan fingerprint density at radius 3 is 2.32 bits per heavy atom. The lowest BCUT2D eigenvalue weighted by Crippen LogP contribution is -2.42. The first-order valence-corrected chi connectivity index (χ1v) is 8.43. The zero-order chi connectivity index (χ0) is 17.6. The lowest BCUT2D eigenvalue weighted by atomic mass is 9.89. The summed E-state index contributed by atoms with van der Waals surface area (Å²) in [6.07, 6.45) is 1.33. The molecule has 1 saturated heterocycles. The molecule has 1 heterocycles. The highest BCUT2D eigenvalue weighted by Gasteiger charge is 2.28. The molecule has 0 spiro atoms. The molecule has 130 valence electrons. The van der Waals surface area contributed by atoms with Crippen LogP contribution in [0.4, 0.5) is 0 Å². The number of likely N-dealkylation sites (tertiary alicyclic amines) is 1. The molecule has 0 saturated carbocycles. The van der Waals surface area contributed by atoms with Crippen LogP contribution in [0.2, 0.25) is 0 Å². The Balaban J connectivity index is 1.49. The average Bonchev–Trinajstić information content (AvgIpc) is 2.67. The second-order valence-corrected chi connectivity index (χ2v) is 6.14. The summed E-state index contributed by atoms with van der Waals surface area (Å²) in [5.74, 6) is 0.296. The van der Waals surface area contributed by atoms with E-state index in [1.54, 1.807) is 23.1 Å². The zero-order valence-electron chi connectivity index (χ0n) is 13.9. The van der Waals surface area contributed by atoms with Crippen LogP contribution >= 0.6 is 0 Å². The van der Waals surface area contributed by atoms with E-state index in [1.165, 1.54) is 6.07 Å². The van der Waals surface area contributed by atoms with Crippen molar-refractivity contribution in [3.05, 3.63) is 60.2 Å². The summed E-state index contributed by atoms with van der Waals surface area (Å²) in [5, 5.41) is 9.65. The van der Waals surface area contributed by atoms with Crippen molar-refractivity contribution >= 4 is 11.7 Å². The normalized spacial score (nSPS) is 15.0. The quantitative estimate of drug-likeness (QED) is 0.851. The van der Waals surface area contributed by atoms with Gasteiger partial charge in [-0.1, -0.05) is 42.5 Å². The molecular formula is C20H21NO4. The zero-order valence-corrected chi connectivity index (χ0v) is 13.9. The van der Waals surface area contributed by atoms with Crippen molar-refractivity contribution in [3.63, 3.8) is 0 Å². The summed E-state index contributed by atoms with van der Waals surface area (Å²) < 4.78 is 5.39. The fourth-order valence-electron chi connectivity index (χ4n) is 3.04. The highest BCUT2D eigenvalue weighted by Crippen LogP contribution is 2.25. The first-order valence-electron chi connectivity index (χ1n) is 8.43. The van der Waals surface area contributed by atoms with E-state index in [-0.39, 0.29) is 30.0 Å². The molecule has 0 atom stereocenters. The van der Waals surface area contributed by atoms with Crippen LogP contribution in [0, 0.1) is 5.92 Å². The predicted octanol–water partition coefficient (Wildman–Crippen LogP) is 2.89. The molecule has 5 nitrogen and oxygen atoms in total. The van der Waals surface area contributed by atoms with Crippen LogP contribution in [0.3, 0.4) is 0 Å². The number of benzene rings is 2. The Hall–Kier alpha value is -2.82. The number of ketones is 1. The van der Waals surface area contributed by atoms with Gasteiger partial charge in [-0.05, 0) is 25.0 Å². The monoisotopic (exact) mass is 339 g/mol. The SMILES string of the molecule is O=C(c1ccccc1)C1CCN(C(=O)COc2ccccc2O)CC1. The van der Waals surface area contributed by atoms with Gasteiger partial charge in [-0.2, -0.15) is 0 Å². The van der Waals surface area contributed by atoms with Crippen molar-refractivity contribution < 1.29 is 19.4 Å². The van der Waals surface area contributed by atoms with Gasteiger partial charge < -0.3 is 14.7 Å². The summed E-state index contributed by atoms with van der Waals surface area (Å²) in [7, 11) is 0. The Labute approximate surface area is 146 Å². The number of phenols is 1. The van der Waals surface area contributed by atoms with Crippen molar-refractivity contribution in [2.24, 2.45) is 5.92 Å². The minimum Gasteiger partial charge on any atom is -0.504 e. The summed E-state index contributed by atoms with van der Waals surface area (Å²) in [4.78, 5) is 26.4. The molecule has 3 rings (SSSR count). The summed E-state index contributed by atoms with van der Waals surface area (Å²) in [5.41, 5.74) is 0.732. The van der Waals surface area contributed by atoms with Gasteiger partial charge in [0.05, 0.1) is 0 Å². The molecule has 0 radical (unpaired) electrons. The van der Waals surface area contributed by atoms with Crippen LogP contribution in [0.15, 0.2) is 54.6 Å². The molecule has 5 heteroatoms. The average molecular weight is 339 g/mol. The maximum absolute atomic E-state index is 12.5. The number of piperidine rings is 1. The van der Waals surface area contributed by atoms with E-state index in [4.69, 9.17) is 4.74 Å². The van der Waals surface area contributed by atoms with Crippen molar-refractivity contribution in [1.29, 1.82) is 0 Å². The van der Waals surface area contributed by atoms with E-state index in [0.717, 1.165) is 5.56 Å². The fourth-order valence-corrected chi connectivity index (χ4v) is 3.04. The Bertz CT molecular complexity index is 736. The summed E-state index contributed by atoms with van der Waals surface area (Å²) in [6, 6.07) is 15.8. The highest BCUT2D eigenvalue weighted by molar-refractivity contribution is 5.98. The maximum Gasteiger partial charge on any atom is 0.260 e. The van der Waals surface area contributed by atoms with E-state index < -0.39 is 0 Å². The number of Topliss-reactive ketones (excluding diaryl/α,β-unsaturated/α-hetero) is 1. The van der Waals surface area contributed by atoms with Crippen molar-refractivity contribution in [3.8, 4) is 11.5 Å². The highest BCUT2D eigenvalue weighted by atomic mass is 16.5. The molecule has 0 unspecified atom stereocenters. The number of amides is 1. The van der Waals surface area contributed by atoms with E-state index >= 15 is 0 Å². The number of rotatable bonds is 5. The maximum atomic E-state index is 12.5. The fraction of sp³-hybridized carbons (Fsp3) is 0.300. The molecule has 1 amide bonds. The molecule has 2 aromatic carbocycles. The van der Waals surface area contributed by atoms with Crippen LogP contribution in [0.25, 0.3) is 0 Å². The van der Waals surface area contributed by atoms with Crippen LogP contribution in [0.5, 0.6) is 11.5 Å². The molecule has 1 aliphatic heterocycles. The van der Waals surface area contributed by atoms with E-state index in [0.29, 0.717) is 31.7 Å². The first kappa shape index (κ1) is 17.0. The number of para-hydroxylation sites is 2. The minimum absolute atomic E-state index is 0.0162. The molecule has 0 bridgehead atoms. The van der Waals surface area contributed by atoms with Crippen LogP contribution in [0.1, 0.15) is 23.2 Å². The van der Waals surface area contributed by atoms with Gasteiger partial charge in [-0.25, -0.2) is 0 Å². The largest absolute Gasteiger partial charge is 0.504 e. The van der Waals surface area contributed by atoms with E-state index in [2.05, 4.69) is 0 Å². The second kappa shape index (κ2) is 7.83. The van der Waals surface area contributed by atoms with Gasteiger partial charge in [0.2, 0.25) is 0 Å². The number of aromatic hydroxyl groups is 1. The van der Waals surface area contributed by atoms with Gasteiger partial charge in [0.1, 0.15) is 0 Å². The molecular weight excluding hydrogens is 318 g/mol. The number of hydrogen-bond donors (Lipinski definition) is 1. The molecule has 1 N–H and O–H groups in total. The lowest BCUT2D eigenvalue weighted by molar-refractivity contribution is -0.134. The van der Waals surface area contributed by atoms with E-state index in [1.807, 2.05) is 30.3 Å². The van der Waals surface area contributed by atoms with Crippen molar-refractivity contribution in [2.75, 3.05) is 19.7 Å². The number of carbonyl (C=O) groups is 2. The van der Waals surface area contributed by atoms with Gasteiger partial charge >= 0.3 is 0 Å². The Kier molecular flexibility index (Phi) is 5.33. The van der Waals surface area contributed by atoms with E-state index in [9.17, 15) is 14.7 Å².